The summed E-state index contributed by atoms with van der Waals surface area (Å²) in [6.45, 7) is 0.0947. The molecule has 0 aliphatic carbocycles. The Bertz CT molecular complexity index is 579. The van der Waals surface area contributed by atoms with Crippen molar-refractivity contribution in [1.82, 2.24) is 4.98 Å². The molecule has 2 rings (SSSR count). The van der Waals surface area contributed by atoms with E-state index in [2.05, 4.69) is 20.9 Å². The monoisotopic (exact) mass is 312 g/mol. The van der Waals surface area contributed by atoms with Crippen molar-refractivity contribution in [2.75, 3.05) is 0 Å². The molecule has 0 aliphatic heterocycles. The first-order chi connectivity index (χ1) is 8.19. The molecule has 0 aliphatic rings. The van der Waals surface area contributed by atoms with Gasteiger partial charge in [0.1, 0.15) is 12.4 Å². The third-order valence-electron chi connectivity index (χ3n) is 1.99. The van der Waals surface area contributed by atoms with Gasteiger partial charge >= 0.3 is 0 Å². The van der Waals surface area contributed by atoms with Crippen LogP contribution in [0.15, 0.2) is 28.2 Å². The second-order valence-electron chi connectivity index (χ2n) is 3.14. The lowest BCUT2D eigenvalue weighted by molar-refractivity contribution is 0.298. The third-order valence-corrected chi connectivity index (χ3v) is 3.38. The van der Waals surface area contributed by atoms with Gasteiger partial charge in [-0.1, -0.05) is 17.4 Å². The van der Waals surface area contributed by atoms with Crippen molar-refractivity contribution in [2.45, 2.75) is 6.61 Å². The number of nitrogens with zero attached hydrogens (tertiary/aromatic N) is 2. The molecule has 1 aromatic carbocycles. The Morgan fingerprint density at radius 2 is 2.35 bits per heavy atom. The number of hydrogen-bond acceptors (Lipinski definition) is 4. The number of aromatic nitrogens is 1. The number of halogens is 2. The number of nitriles is 1. The average molecular weight is 313 g/mol. The first-order valence-corrected chi connectivity index (χ1v) is 6.22. The van der Waals surface area contributed by atoms with Crippen LogP contribution in [0.4, 0.5) is 4.39 Å². The number of ether oxygens (including phenoxy) is 1. The van der Waals surface area contributed by atoms with Crippen LogP contribution in [-0.2, 0) is 6.61 Å². The van der Waals surface area contributed by atoms with E-state index in [4.69, 9.17) is 10.00 Å². The van der Waals surface area contributed by atoms with Crippen LogP contribution in [0.5, 0.6) is 5.19 Å². The molecule has 0 atom stereocenters. The molecular formula is C11H6BrFN2OS. The second-order valence-corrected chi connectivity index (χ2v) is 5.51. The Morgan fingerprint density at radius 3 is 2.94 bits per heavy atom. The van der Waals surface area contributed by atoms with Crippen LogP contribution in [0.1, 0.15) is 11.1 Å². The van der Waals surface area contributed by atoms with Crippen LogP contribution >= 0.6 is 27.3 Å². The Labute approximate surface area is 110 Å². The molecule has 0 unspecified atom stereocenters. The van der Waals surface area contributed by atoms with Crippen LogP contribution in [0, 0.1) is 17.1 Å². The average Bonchev–Trinajstić information content (AvgIpc) is 2.73. The maximum atomic E-state index is 13.5. The smallest absolute Gasteiger partial charge is 0.274 e. The van der Waals surface area contributed by atoms with Gasteiger partial charge < -0.3 is 4.74 Å². The zero-order valence-electron chi connectivity index (χ0n) is 8.48. The van der Waals surface area contributed by atoms with Crippen molar-refractivity contribution < 1.29 is 9.13 Å². The van der Waals surface area contributed by atoms with Crippen LogP contribution in [0.25, 0.3) is 0 Å². The largest absolute Gasteiger partial charge is 0.465 e. The first-order valence-electron chi connectivity index (χ1n) is 4.61. The van der Waals surface area contributed by atoms with Gasteiger partial charge in [-0.2, -0.15) is 5.26 Å². The summed E-state index contributed by atoms with van der Waals surface area (Å²) in [4.78, 5) is 3.97. The fraction of sp³-hybridized carbons (Fsp3) is 0.0909. The molecule has 6 heteroatoms. The summed E-state index contributed by atoms with van der Waals surface area (Å²) in [6.07, 6.45) is 1.62. The SMILES string of the molecule is N#Cc1ccc(COc2ncc(Br)s2)c(F)c1. The van der Waals surface area contributed by atoms with Crippen LogP contribution in [0.2, 0.25) is 0 Å². The minimum absolute atomic E-state index is 0.0947. The van der Waals surface area contributed by atoms with Crippen molar-refractivity contribution >= 4 is 27.3 Å². The van der Waals surface area contributed by atoms with Crippen molar-refractivity contribution in [3.63, 3.8) is 0 Å². The van der Waals surface area contributed by atoms with Gasteiger partial charge in [-0.3, -0.25) is 0 Å². The minimum Gasteiger partial charge on any atom is -0.465 e. The fourth-order valence-electron chi connectivity index (χ4n) is 1.18. The molecular weight excluding hydrogens is 307 g/mol. The van der Waals surface area contributed by atoms with E-state index >= 15 is 0 Å². The molecule has 0 fully saturated rings. The van der Waals surface area contributed by atoms with Crippen molar-refractivity contribution in [3.05, 3.63) is 45.1 Å². The predicted molar refractivity (Wildman–Crippen MR) is 65.3 cm³/mol. The zero-order chi connectivity index (χ0) is 12.3. The first kappa shape index (κ1) is 12.0. The molecule has 17 heavy (non-hydrogen) atoms. The summed E-state index contributed by atoms with van der Waals surface area (Å²) in [5.41, 5.74) is 0.693. The van der Waals surface area contributed by atoms with Crippen molar-refractivity contribution in [1.29, 1.82) is 5.26 Å². The number of rotatable bonds is 3. The van der Waals surface area contributed by atoms with Gasteiger partial charge in [0.05, 0.1) is 21.6 Å². The van der Waals surface area contributed by atoms with Gasteiger partial charge in [-0.15, -0.1) is 0 Å². The maximum absolute atomic E-state index is 13.5. The van der Waals surface area contributed by atoms with E-state index in [1.807, 2.05) is 6.07 Å². The molecule has 0 amide bonds. The van der Waals surface area contributed by atoms with E-state index in [0.717, 1.165) is 3.79 Å². The van der Waals surface area contributed by atoms with Gasteiger partial charge in [0.25, 0.3) is 5.19 Å². The molecule has 1 aromatic heterocycles. The number of benzene rings is 1. The van der Waals surface area contributed by atoms with E-state index < -0.39 is 5.82 Å². The fourth-order valence-corrected chi connectivity index (χ4v) is 2.19. The number of hydrogen-bond donors (Lipinski definition) is 0. The number of thiazole rings is 1. The molecule has 3 nitrogen and oxygen atoms in total. The molecule has 0 spiro atoms. The Hall–Kier alpha value is -1.45. The highest BCUT2D eigenvalue weighted by Crippen LogP contribution is 2.26. The van der Waals surface area contributed by atoms with E-state index in [0.29, 0.717) is 16.3 Å². The molecule has 0 saturated heterocycles. The summed E-state index contributed by atoms with van der Waals surface area (Å²) in [5.74, 6) is -0.445. The molecule has 1 heterocycles. The summed E-state index contributed by atoms with van der Waals surface area (Å²) in [6, 6.07) is 6.16. The lowest BCUT2D eigenvalue weighted by atomic mass is 10.1. The third kappa shape index (κ3) is 3.02. The molecule has 86 valence electrons. The molecule has 2 aromatic rings. The molecule has 0 N–H and O–H groups in total. The highest BCUT2D eigenvalue weighted by Gasteiger charge is 2.06. The van der Waals surface area contributed by atoms with E-state index in [-0.39, 0.29) is 6.61 Å². The predicted octanol–water partition coefficient (Wildman–Crippen LogP) is 3.50. The Kier molecular flexibility index (Phi) is 3.71. The second kappa shape index (κ2) is 5.25. The maximum Gasteiger partial charge on any atom is 0.274 e. The standard InChI is InChI=1S/C11H6BrFN2OS/c12-10-5-15-11(17-10)16-6-8-2-1-7(4-14)3-9(8)13/h1-3,5H,6H2. The van der Waals surface area contributed by atoms with Gasteiger partial charge in [-0.25, -0.2) is 9.37 Å². The highest BCUT2D eigenvalue weighted by molar-refractivity contribution is 9.11. The highest BCUT2D eigenvalue weighted by atomic mass is 79.9. The zero-order valence-corrected chi connectivity index (χ0v) is 10.9. The van der Waals surface area contributed by atoms with E-state index in [1.165, 1.54) is 23.5 Å². The summed E-state index contributed by atoms with van der Waals surface area (Å²) >= 11 is 4.59. The van der Waals surface area contributed by atoms with Gasteiger partial charge in [-0.05, 0) is 28.1 Å². The van der Waals surface area contributed by atoms with Crippen molar-refractivity contribution in [2.24, 2.45) is 0 Å². The Balaban J connectivity index is 2.07. The normalized spacial score (nSPS) is 9.94. The van der Waals surface area contributed by atoms with Crippen LogP contribution in [0.3, 0.4) is 0 Å². The van der Waals surface area contributed by atoms with Gasteiger partial charge in [0.2, 0.25) is 0 Å². The topological polar surface area (TPSA) is 45.9 Å². The van der Waals surface area contributed by atoms with Crippen LogP contribution < -0.4 is 4.74 Å². The molecule has 0 bridgehead atoms. The minimum atomic E-state index is -0.445. The van der Waals surface area contributed by atoms with Gasteiger partial charge in [0.15, 0.2) is 0 Å². The molecule has 0 saturated carbocycles. The lowest BCUT2D eigenvalue weighted by Crippen LogP contribution is -1.98. The van der Waals surface area contributed by atoms with E-state index in [1.54, 1.807) is 12.3 Å². The summed E-state index contributed by atoms with van der Waals surface area (Å²) < 4.78 is 19.7. The Morgan fingerprint density at radius 1 is 1.53 bits per heavy atom. The molecule has 0 radical (unpaired) electrons. The summed E-state index contributed by atoms with van der Waals surface area (Å²) in [5, 5.41) is 9.07. The quantitative estimate of drug-likeness (QED) is 0.871. The summed E-state index contributed by atoms with van der Waals surface area (Å²) in [7, 11) is 0. The lowest BCUT2D eigenvalue weighted by Gasteiger charge is -2.03. The van der Waals surface area contributed by atoms with Crippen LogP contribution in [-0.4, -0.2) is 4.98 Å². The van der Waals surface area contributed by atoms with Gasteiger partial charge in [0, 0.05) is 5.56 Å². The van der Waals surface area contributed by atoms with Crippen molar-refractivity contribution in [3.8, 4) is 11.3 Å². The van der Waals surface area contributed by atoms with E-state index in [9.17, 15) is 4.39 Å².